The summed E-state index contributed by atoms with van der Waals surface area (Å²) < 4.78 is 0. The maximum absolute atomic E-state index is 12.1. The molecule has 25 heavy (non-hydrogen) atoms. The molecule has 0 spiro atoms. The molecule has 2 heteroatoms. The summed E-state index contributed by atoms with van der Waals surface area (Å²) in [6.07, 6.45) is 3.89. The number of benzene rings is 4. The number of anilines is 1. The van der Waals surface area contributed by atoms with Crippen molar-refractivity contribution >= 4 is 43.8 Å². The number of piperidine rings is 1. The van der Waals surface area contributed by atoms with Crippen LogP contribution >= 0.6 is 0 Å². The van der Waals surface area contributed by atoms with Gasteiger partial charge in [0.25, 0.3) is 0 Å². The molecule has 0 N–H and O–H groups in total. The van der Waals surface area contributed by atoms with Crippen LogP contribution in [0.1, 0.15) is 36.5 Å². The SMILES string of the molecule is CC(=O)c1ccc2ccc3c(N4CCCCC4)ccc4ccc1c2c43. The maximum Gasteiger partial charge on any atom is 0.160 e. The Balaban J connectivity index is 1.89. The van der Waals surface area contributed by atoms with Crippen molar-refractivity contribution in [2.24, 2.45) is 0 Å². The molecular formula is C23H21NO. The minimum absolute atomic E-state index is 0.134. The number of carbonyl (C=O) groups is 1. The first-order valence-corrected chi connectivity index (χ1v) is 9.20. The van der Waals surface area contributed by atoms with E-state index in [-0.39, 0.29) is 5.78 Å². The van der Waals surface area contributed by atoms with Crippen molar-refractivity contribution in [2.75, 3.05) is 18.0 Å². The Morgan fingerprint density at radius 3 is 2.08 bits per heavy atom. The highest BCUT2D eigenvalue weighted by Gasteiger charge is 2.18. The molecule has 0 unspecified atom stereocenters. The topological polar surface area (TPSA) is 20.3 Å². The van der Waals surface area contributed by atoms with Crippen molar-refractivity contribution in [2.45, 2.75) is 26.2 Å². The summed E-state index contributed by atoms with van der Waals surface area (Å²) in [5, 5.41) is 7.42. The van der Waals surface area contributed by atoms with Crippen LogP contribution in [0, 0.1) is 0 Å². The summed E-state index contributed by atoms with van der Waals surface area (Å²) in [7, 11) is 0. The molecule has 5 rings (SSSR count). The van der Waals surface area contributed by atoms with Crippen molar-refractivity contribution in [1.29, 1.82) is 0 Å². The molecule has 1 heterocycles. The largest absolute Gasteiger partial charge is 0.371 e. The highest BCUT2D eigenvalue weighted by atomic mass is 16.1. The van der Waals surface area contributed by atoms with E-state index in [1.165, 1.54) is 51.9 Å². The van der Waals surface area contributed by atoms with Gasteiger partial charge in [-0.3, -0.25) is 4.79 Å². The van der Waals surface area contributed by atoms with Gasteiger partial charge in [-0.15, -0.1) is 0 Å². The van der Waals surface area contributed by atoms with E-state index in [0.29, 0.717) is 0 Å². The fourth-order valence-corrected chi connectivity index (χ4v) is 4.50. The smallest absolute Gasteiger partial charge is 0.160 e. The number of Topliss-reactive ketones (excluding diaryl/α,β-unsaturated/α-hetero) is 1. The van der Waals surface area contributed by atoms with Crippen LogP contribution in [-0.4, -0.2) is 18.9 Å². The quantitative estimate of drug-likeness (QED) is 0.344. The van der Waals surface area contributed by atoms with E-state index in [4.69, 9.17) is 0 Å². The molecule has 2 nitrogen and oxygen atoms in total. The van der Waals surface area contributed by atoms with E-state index in [1.807, 2.05) is 6.07 Å². The number of carbonyl (C=O) groups excluding carboxylic acids is 1. The normalized spacial score (nSPS) is 15.5. The number of hydrogen-bond acceptors (Lipinski definition) is 2. The molecule has 1 fully saturated rings. The van der Waals surface area contributed by atoms with Gasteiger partial charge >= 0.3 is 0 Å². The van der Waals surface area contributed by atoms with E-state index in [2.05, 4.69) is 47.4 Å². The molecule has 0 aromatic heterocycles. The van der Waals surface area contributed by atoms with Gasteiger partial charge in [-0.25, -0.2) is 0 Å². The van der Waals surface area contributed by atoms with Gasteiger partial charge in [-0.1, -0.05) is 42.5 Å². The minimum Gasteiger partial charge on any atom is -0.371 e. The average molecular weight is 327 g/mol. The van der Waals surface area contributed by atoms with Crippen LogP contribution < -0.4 is 4.90 Å². The van der Waals surface area contributed by atoms with Crippen LogP contribution in [0.25, 0.3) is 32.3 Å². The molecule has 124 valence electrons. The lowest BCUT2D eigenvalue weighted by Gasteiger charge is -2.30. The first-order chi connectivity index (χ1) is 12.2. The van der Waals surface area contributed by atoms with E-state index in [1.54, 1.807) is 6.92 Å². The lowest BCUT2D eigenvalue weighted by Crippen LogP contribution is -2.29. The van der Waals surface area contributed by atoms with Crippen LogP contribution in [-0.2, 0) is 0 Å². The molecule has 1 aliphatic rings. The van der Waals surface area contributed by atoms with Crippen molar-refractivity contribution in [3.8, 4) is 0 Å². The van der Waals surface area contributed by atoms with Gasteiger partial charge in [0.15, 0.2) is 5.78 Å². The zero-order valence-electron chi connectivity index (χ0n) is 14.5. The van der Waals surface area contributed by atoms with Gasteiger partial charge < -0.3 is 4.90 Å². The van der Waals surface area contributed by atoms with E-state index >= 15 is 0 Å². The molecule has 4 aromatic carbocycles. The van der Waals surface area contributed by atoms with Crippen LogP contribution in [0.5, 0.6) is 0 Å². The fraction of sp³-hybridized carbons (Fsp3) is 0.261. The predicted octanol–water partition coefficient (Wildman–Crippen LogP) is 5.78. The van der Waals surface area contributed by atoms with E-state index in [9.17, 15) is 4.79 Å². The lowest BCUT2D eigenvalue weighted by atomic mass is 9.90. The highest BCUT2D eigenvalue weighted by Crippen LogP contribution is 2.40. The standard InChI is InChI=1S/C23H21NO/c1-15(25)18-9-5-16-7-11-20-21(24-13-3-2-4-14-24)12-8-17-6-10-19(18)22(16)23(17)20/h5-12H,2-4,13-14H2,1H3. The number of ketones is 1. The van der Waals surface area contributed by atoms with Gasteiger partial charge in [-0.2, -0.15) is 0 Å². The molecular weight excluding hydrogens is 306 g/mol. The first kappa shape index (κ1) is 14.7. The summed E-state index contributed by atoms with van der Waals surface area (Å²) in [6, 6.07) is 17.3. The second kappa shape index (κ2) is 5.45. The molecule has 0 bridgehead atoms. The molecule has 4 aromatic rings. The second-order valence-electron chi connectivity index (χ2n) is 7.22. The van der Waals surface area contributed by atoms with Crippen LogP contribution in [0.4, 0.5) is 5.69 Å². The fourth-order valence-electron chi connectivity index (χ4n) is 4.50. The van der Waals surface area contributed by atoms with E-state index < -0.39 is 0 Å². The zero-order valence-corrected chi connectivity index (χ0v) is 14.5. The summed E-state index contributed by atoms with van der Waals surface area (Å²) in [6.45, 7) is 3.94. The van der Waals surface area contributed by atoms with Crippen LogP contribution in [0.15, 0.2) is 48.5 Å². The monoisotopic (exact) mass is 327 g/mol. The minimum atomic E-state index is 0.134. The lowest BCUT2D eigenvalue weighted by molar-refractivity contribution is 0.101. The van der Waals surface area contributed by atoms with Crippen molar-refractivity contribution in [3.05, 3.63) is 54.1 Å². The molecule has 1 saturated heterocycles. The predicted molar refractivity (Wildman–Crippen MR) is 106 cm³/mol. The number of hydrogen-bond donors (Lipinski definition) is 0. The zero-order chi connectivity index (χ0) is 17.0. The van der Waals surface area contributed by atoms with Crippen molar-refractivity contribution in [3.63, 3.8) is 0 Å². The summed E-state index contributed by atoms with van der Waals surface area (Å²) >= 11 is 0. The third-order valence-electron chi connectivity index (χ3n) is 5.72. The van der Waals surface area contributed by atoms with E-state index in [0.717, 1.165) is 24.0 Å². The molecule has 0 aliphatic carbocycles. The Bertz CT molecular complexity index is 1110. The highest BCUT2D eigenvalue weighted by molar-refractivity contribution is 6.28. The Hall–Kier alpha value is -2.61. The Labute approximate surface area is 147 Å². The van der Waals surface area contributed by atoms with Gasteiger partial charge in [-0.05, 0) is 59.2 Å². The number of rotatable bonds is 2. The molecule has 0 amide bonds. The first-order valence-electron chi connectivity index (χ1n) is 9.20. The average Bonchev–Trinajstić information content (AvgIpc) is 2.66. The third-order valence-corrected chi connectivity index (χ3v) is 5.72. The number of nitrogens with zero attached hydrogens (tertiary/aromatic N) is 1. The van der Waals surface area contributed by atoms with Gasteiger partial charge in [0.05, 0.1) is 0 Å². The summed E-state index contributed by atoms with van der Waals surface area (Å²) in [4.78, 5) is 14.6. The maximum atomic E-state index is 12.1. The van der Waals surface area contributed by atoms with Crippen molar-refractivity contribution in [1.82, 2.24) is 0 Å². The van der Waals surface area contributed by atoms with Crippen LogP contribution in [0.3, 0.4) is 0 Å². The van der Waals surface area contributed by atoms with Crippen molar-refractivity contribution < 1.29 is 4.79 Å². The third kappa shape index (κ3) is 2.13. The Morgan fingerprint density at radius 1 is 0.760 bits per heavy atom. The Morgan fingerprint density at radius 2 is 1.36 bits per heavy atom. The Kier molecular flexibility index (Phi) is 3.21. The second-order valence-corrected chi connectivity index (χ2v) is 7.22. The molecule has 0 atom stereocenters. The van der Waals surface area contributed by atoms with Crippen LogP contribution in [0.2, 0.25) is 0 Å². The molecule has 1 aliphatic heterocycles. The molecule has 0 saturated carbocycles. The van der Waals surface area contributed by atoms with Gasteiger partial charge in [0.2, 0.25) is 0 Å². The van der Waals surface area contributed by atoms with Gasteiger partial charge in [0.1, 0.15) is 0 Å². The van der Waals surface area contributed by atoms with Gasteiger partial charge in [0, 0.05) is 29.7 Å². The summed E-state index contributed by atoms with van der Waals surface area (Å²) in [5.41, 5.74) is 2.17. The molecule has 0 radical (unpaired) electrons. The summed E-state index contributed by atoms with van der Waals surface area (Å²) in [5.74, 6) is 0.134.